The van der Waals surface area contributed by atoms with Crippen molar-refractivity contribution >= 4 is 35.8 Å². The summed E-state index contributed by atoms with van der Waals surface area (Å²) in [6, 6.07) is 6.33. The molecule has 1 aromatic heterocycles. The molecule has 1 aliphatic heterocycles. The second-order valence-electron chi connectivity index (χ2n) is 3.57. The zero-order chi connectivity index (χ0) is 9.54. The Hall–Kier alpha value is -0.271. The Labute approximate surface area is 93.8 Å². The molecule has 0 atom stereocenters. The van der Waals surface area contributed by atoms with Gasteiger partial charge in [-0.2, -0.15) is 0 Å². The van der Waals surface area contributed by atoms with Crippen LogP contribution in [0.15, 0.2) is 18.2 Å². The predicted molar refractivity (Wildman–Crippen MR) is 61.3 cm³/mol. The van der Waals surface area contributed by atoms with Gasteiger partial charge >= 0.3 is 93.8 Å². The van der Waals surface area contributed by atoms with Crippen LogP contribution in [0.1, 0.15) is 10.0 Å². The van der Waals surface area contributed by atoms with Crippen molar-refractivity contribution in [3.8, 4) is 0 Å². The summed E-state index contributed by atoms with van der Waals surface area (Å²) < 4.78 is 3.14. The van der Waals surface area contributed by atoms with E-state index in [0.29, 0.717) is 14.5 Å². The van der Waals surface area contributed by atoms with Crippen LogP contribution in [0, 0.1) is 0 Å². The molecule has 1 N–H and O–H groups in total. The number of hydrogen-bond donors (Lipinski definition) is 1. The van der Waals surface area contributed by atoms with Crippen molar-refractivity contribution in [1.82, 2.24) is 5.32 Å². The minimum atomic E-state index is 0.544. The fourth-order valence-electron chi connectivity index (χ4n) is 2.00. The van der Waals surface area contributed by atoms with Crippen molar-refractivity contribution in [2.24, 2.45) is 0 Å². The molecule has 0 unspecified atom stereocenters. The third kappa shape index (κ3) is 1.34. The van der Waals surface area contributed by atoms with Crippen LogP contribution in [0.2, 0.25) is 5.02 Å². The van der Waals surface area contributed by atoms with E-state index in [0.717, 1.165) is 18.1 Å². The first-order valence-electron chi connectivity index (χ1n) is 4.75. The van der Waals surface area contributed by atoms with E-state index in [1.165, 1.54) is 16.1 Å². The normalized spacial score (nSPS) is 15.8. The van der Waals surface area contributed by atoms with Gasteiger partial charge in [-0.1, -0.05) is 0 Å². The van der Waals surface area contributed by atoms with Gasteiger partial charge in [0, 0.05) is 0 Å². The molecule has 0 fully saturated rings. The average molecular weight is 271 g/mol. The molecule has 1 nitrogen and oxygen atoms in total. The Morgan fingerprint density at radius 2 is 2.29 bits per heavy atom. The average Bonchev–Trinajstić information content (AvgIpc) is 2.56. The molecule has 14 heavy (non-hydrogen) atoms. The second kappa shape index (κ2) is 3.39. The van der Waals surface area contributed by atoms with Gasteiger partial charge in [0.15, 0.2) is 0 Å². The van der Waals surface area contributed by atoms with Crippen LogP contribution in [0.5, 0.6) is 0 Å². The van der Waals surface area contributed by atoms with E-state index in [-0.39, 0.29) is 0 Å². The van der Waals surface area contributed by atoms with Crippen molar-refractivity contribution in [2.75, 3.05) is 6.54 Å². The number of nitrogens with one attached hydrogen (secondary N) is 1. The van der Waals surface area contributed by atoms with Crippen LogP contribution in [0.4, 0.5) is 0 Å². The van der Waals surface area contributed by atoms with E-state index in [1.54, 1.807) is 10.0 Å². The third-order valence-electron chi connectivity index (χ3n) is 2.67. The topological polar surface area (TPSA) is 12.0 Å². The van der Waals surface area contributed by atoms with Gasteiger partial charge in [-0.25, -0.2) is 0 Å². The summed E-state index contributed by atoms with van der Waals surface area (Å²) in [6.07, 6.45) is 1.17. The summed E-state index contributed by atoms with van der Waals surface area (Å²) >= 11 is 6.57. The molecule has 1 aliphatic rings. The van der Waals surface area contributed by atoms with E-state index in [4.69, 9.17) is 11.6 Å². The maximum atomic E-state index is 6.02. The van der Waals surface area contributed by atoms with Crippen molar-refractivity contribution in [3.05, 3.63) is 33.2 Å². The van der Waals surface area contributed by atoms with Crippen molar-refractivity contribution < 1.29 is 0 Å². The first kappa shape index (κ1) is 8.99. The molecular formula is C11H10ClNSe. The fraction of sp³-hybridized carbons (Fsp3) is 0.273. The van der Waals surface area contributed by atoms with Gasteiger partial charge in [-0.3, -0.25) is 0 Å². The molecule has 3 rings (SSSR count). The van der Waals surface area contributed by atoms with Crippen LogP contribution in [-0.2, 0) is 13.0 Å². The minimum absolute atomic E-state index is 0.544. The SMILES string of the molecule is Clc1ccc2[se]c3c(c2c1)CCNC3. The van der Waals surface area contributed by atoms with Gasteiger partial charge in [0.2, 0.25) is 0 Å². The molecule has 2 heterocycles. The standard InChI is InChI=1S/C11H10ClNSe/c12-7-1-2-10-9(5-7)8-3-4-13-6-11(8)14-10/h1-2,5,13H,3-4,6H2. The van der Waals surface area contributed by atoms with Crippen LogP contribution in [0.3, 0.4) is 0 Å². The van der Waals surface area contributed by atoms with Crippen LogP contribution in [-0.4, -0.2) is 21.0 Å². The third-order valence-corrected chi connectivity index (χ3v) is 5.45. The number of hydrogen-bond acceptors (Lipinski definition) is 1. The number of halogens is 1. The summed E-state index contributed by atoms with van der Waals surface area (Å²) in [5, 5.41) is 5.72. The number of fused-ring (bicyclic) bond motifs is 3. The Kier molecular flexibility index (Phi) is 2.18. The second-order valence-corrected chi connectivity index (χ2v) is 6.39. The Morgan fingerprint density at radius 3 is 3.21 bits per heavy atom. The van der Waals surface area contributed by atoms with Gasteiger partial charge < -0.3 is 0 Å². The van der Waals surface area contributed by atoms with Crippen molar-refractivity contribution in [3.63, 3.8) is 0 Å². The molecule has 1 aromatic carbocycles. The Bertz CT molecular complexity index is 489. The molecule has 0 saturated carbocycles. The summed E-state index contributed by atoms with van der Waals surface area (Å²) in [5.74, 6) is 0. The van der Waals surface area contributed by atoms with E-state index in [2.05, 4.69) is 17.4 Å². The zero-order valence-corrected chi connectivity index (χ0v) is 10.1. The molecule has 72 valence electrons. The molecule has 0 saturated heterocycles. The fourth-order valence-corrected chi connectivity index (χ4v) is 4.70. The van der Waals surface area contributed by atoms with E-state index in [1.807, 2.05) is 6.07 Å². The zero-order valence-electron chi connectivity index (χ0n) is 7.64. The maximum absolute atomic E-state index is 6.02. The first-order chi connectivity index (χ1) is 6.84. The van der Waals surface area contributed by atoms with Gasteiger partial charge in [0.05, 0.1) is 0 Å². The van der Waals surface area contributed by atoms with Crippen LogP contribution in [0.25, 0.3) is 9.65 Å². The van der Waals surface area contributed by atoms with E-state index < -0.39 is 0 Å². The Morgan fingerprint density at radius 1 is 1.36 bits per heavy atom. The number of benzene rings is 1. The van der Waals surface area contributed by atoms with E-state index >= 15 is 0 Å². The van der Waals surface area contributed by atoms with Gasteiger partial charge in [-0.15, -0.1) is 0 Å². The molecule has 0 spiro atoms. The monoisotopic (exact) mass is 271 g/mol. The summed E-state index contributed by atoms with van der Waals surface area (Å²) in [5.41, 5.74) is 1.57. The van der Waals surface area contributed by atoms with Gasteiger partial charge in [-0.05, 0) is 0 Å². The summed E-state index contributed by atoms with van der Waals surface area (Å²) in [4.78, 5) is 0. The molecule has 0 radical (unpaired) electrons. The van der Waals surface area contributed by atoms with E-state index in [9.17, 15) is 0 Å². The van der Waals surface area contributed by atoms with Gasteiger partial charge in [0.25, 0.3) is 0 Å². The van der Waals surface area contributed by atoms with Crippen LogP contribution < -0.4 is 5.32 Å². The molecule has 3 heteroatoms. The van der Waals surface area contributed by atoms with Crippen molar-refractivity contribution in [1.29, 1.82) is 0 Å². The predicted octanol–water partition coefficient (Wildman–Crippen LogP) is 2.20. The number of rotatable bonds is 0. The van der Waals surface area contributed by atoms with Crippen molar-refractivity contribution in [2.45, 2.75) is 13.0 Å². The summed E-state index contributed by atoms with van der Waals surface area (Å²) in [7, 11) is 0. The van der Waals surface area contributed by atoms with Crippen LogP contribution >= 0.6 is 11.6 Å². The molecule has 0 aliphatic carbocycles. The quantitative estimate of drug-likeness (QED) is 0.724. The summed E-state index contributed by atoms with van der Waals surface area (Å²) in [6.45, 7) is 2.20. The molecular weight excluding hydrogens is 261 g/mol. The molecule has 0 bridgehead atoms. The first-order valence-corrected chi connectivity index (χ1v) is 6.84. The Balaban J connectivity index is 2.32. The van der Waals surface area contributed by atoms with Gasteiger partial charge in [0.1, 0.15) is 0 Å². The molecule has 0 amide bonds. The molecule has 2 aromatic rings.